The maximum absolute atomic E-state index is 13.4. The average molecular weight is 582 g/mol. The quantitative estimate of drug-likeness (QED) is 0.122. The van der Waals surface area contributed by atoms with E-state index in [-0.39, 0.29) is 24.1 Å². The Morgan fingerprint density at radius 2 is 1.74 bits per heavy atom. The van der Waals surface area contributed by atoms with Crippen LogP contribution in [0.3, 0.4) is 0 Å². The fraction of sp³-hybridized carbons (Fsp3) is 0.290. The summed E-state index contributed by atoms with van der Waals surface area (Å²) in [5.41, 5.74) is 1.66. The Balaban J connectivity index is 1.79. The van der Waals surface area contributed by atoms with Gasteiger partial charge in [0.15, 0.2) is 0 Å². The SMILES string of the molecule is CC(C)(C)NC(=O)C(C#N)=Cc1cccc(CCC(NC(=O)c2cnccn2)C(=O)N[C@@H](Cc2ccccc2)B(O)O)c1. The van der Waals surface area contributed by atoms with Gasteiger partial charge in [0, 0.05) is 17.9 Å². The number of aryl methyl sites for hydroxylation is 1. The summed E-state index contributed by atoms with van der Waals surface area (Å²) in [5.74, 6) is -2.73. The van der Waals surface area contributed by atoms with Crippen LogP contribution in [0.1, 0.15) is 54.4 Å². The Morgan fingerprint density at radius 3 is 2.37 bits per heavy atom. The lowest BCUT2D eigenvalue weighted by Gasteiger charge is -2.23. The van der Waals surface area contributed by atoms with Crippen LogP contribution >= 0.6 is 0 Å². The van der Waals surface area contributed by atoms with E-state index in [1.54, 1.807) is 30.3 Å². The van der Waals surface area contributed by atoms with E-state index in [9.17, 15) is 29.7 Å². The van der Waals surface area contributed by atoms with Gasteiger partial charge in [0.1, 0.15) is 23.4 Å². The topological polar surface area (TPSA) is 177 Å². The van der Waals surface area contributed by atoms with Crippen LogP contribution < -0.4 is 16.0 Å². The lowest BCUT2D eigenvalue weighted by atomic mass is 9.75. The number of nitriles is 1. The van der Waals surface area contributed by atoms with Crippen molar-refractivity contribution in [2.45, 2.75) is 57.6 Å². The Bertz CT molecular complexity index is 1470. The molecule has 0 aliphatic carbocycles. The number of carbonyl (C=O) groups is 3. The minimum atomic E-state index is -1.84. The number of nitrogens with one attached hydrogen (secondary N) is 3. The van der Waals surface area contributed by atoms with Gasteiger partial charge in [-0.2, -0.15) is 5.26 Å². The Kier molecular flexibility index (Phi) is 11.7. The molecule has 0 saturated heterocycles. The number of benzene rings is 2. The molecular formula is C31H35BN6O5. The molecule has 43 heavy (non-hydrogen) atoms. The molecule has 1 unspecified atom stereocenters. The fourth-order valence-corrected chi connectivity index (χ4v) is 4.17. The number of amides is 3. The molecule has 1 heterocycles. The molecular weight excluding hydrogens is 547 g/mol. The number of rotatable bonds is 12. The van der Waals surface area contributed by atoms with Gasteiger partial charge < -0.3 is 26.0 Å². The third-order valence-corrected chi connectivity index (χ3v) is 6.24. The van der Waals surface area contributed by atoms with E-state index in [1.807, 2.05) is 51.1 Å². The molecule has 2 aromatic carbocycles. The summed E-state index contributed by atoms with van der Waals surface area (Å²) in [6.45, 7) is 5.46. The van der Waals surface area contributed by atoms with Crippen molar-refractivity contribution in [3.8, 4) is 6.07 Å². The van der Waals surface area contributed by atoms with E-state index in [4.69, 9.17) is 0 Å². The smallest absolute Gasteiger partial charge is 0.426 e. The van der Waals surface area contributed by atoms with Crippen LogP contribution in [-0.4, -0.2) is 62.4 Å². The first-order valence-corrected chi connectivity index (χ1v) is 13.8. The van der Waals surface area contributed by atoms with Gasteiger partial charge in [0.2, 0.25) is 5.91 Å². The van der Waals surface area contributed by atoms with E-state index < -0.39 is 42.4 Å². The molecule has 12 heteroatoms. The number of hydrogen-bond acceptors (Lipinski definition) is 8. The summed E-state index contributed by atoms with van der Waals surface area (Å²) < 4.78 is 0. The van der Waals surface area contributed by atoms with Crippen LogP contribution in [0, 0.1) is 11.3 Å². The maximum atomic E-state index is 13.4. The Morgan fingerprint density at radius 1 is 1.02 bits per heavy atom. The highest BCUT2D eigenvalue weighted by Gasteiger charge is 2.30. The monoisotopic (exact) mass is 582 g/mol. The second-order valence-electron chi connectivity index (χ2n) is 11.0. The number of carbonyl (C=O) groups excluding carboxylic acids is 3. The number of hydrogen-bond donors (Lipinski definition) is 5. The highest BCUT2D eigenvalue weighted by atomic mass is 16.4. The summed E-state index contributed by atoms with van der Waals surface area (Å²) in [6.07, 6.45) is 6.19. The van der Waals surface area contributed by atoms with Crippen LogP contribution in [0.2, 0.25) is 0 Å². The van der Waals surface area contributed by atoms with Gasteiger partial charge in [-0.05, 0) is 62.8 Å². The highest BCUT2D eigenvalue weighted by Crippen LogP contribution is 2.14. The predicted octanol–water partition coefficient (Wildman–Crippen LogP) is 1.77. The zero-order chi connectivity index (χ0) is 31.4. The van der Waals surface area contributed by atoms with Gasteiger partial charge in [0.25, 0.3) is 11.8 Å². The first-order valence-electron chi connectivity index (χ1n) is 13.8. The molecule has 3 rings (SSSR count). The summed E-state index contributed by atoms with van der Waals surface area (Å²) in [5, 5.41) is 37.6. The molecule has 222 valence electrons. The minimum absolute atomic E-state index is 0.0213. The van der Waals surface area contributed by atoms with E-state index in [1.165, 1.54) is 24.7 Å². The molecule has 0 saturated carbocycles. The molecule has 3 aromatic rings. The third-order valence-electron chi connectivity index (χ3n) is 6.24. The van der Waals surface area contributed by atoms with Gasteiger partial charge in [-0.15, -0.1) is 0 Å². The maximum Gasteiger partial charge on any atom is 0.475 e. The molecule has 0 fully saturated rings. The largest absolute Gasteiger partial charge is 0.475 e. The standard InChI is InChI=1S/C31H35BN6O5/c1-31(2,3)38-28(39)24(19-33)17-23-11-7-10-22(16-23)12-13-25(36-30(41)26-20-34-14-15-35-26)29(40)37-27(32(42)43)18-21-8-5-4-6-9-21/h4-11,14-17,20,25,27,42-43H,12-13,18H2,1-3H3,(H,36,41)(H,37,40)(H,38,39)/t25?,27-/m0/s1. The summed E-state index contributed by atoms with van der Waals surface area (Å²) >= 11 is 0. The lowest BCUT2D eigenvalue weighted by molar-refractivity contribution is -0.123. The van der Waals surface area contributed by atoms with Crippen molar-refractivity contribution >= 4 is 30.9 Å². The Hall–Kier alpha value is -4.86. The molecule has 2 atom stereocenters. The van der Waals surface area contributed by atoms with Crippen molar-refractivity contribution in [2.75, 3.05) is 0 Å². The van der Waals surface area contributed by atoms with Crippen LogP contribution in [0.25, 0.3) is 6.08 Å². The van der Waals surface area contributed by atoms with Gasteiger partial charge >= 0.3 is 7.12 Å². The summed E-state index contributed by atoms with van der Waals surface area (Å²) in [4.78, 5) is 46.7. The van der Waals surface area contributed by atoms with E-state index in [0.717, 1.165) is 11.1 Å². The lowest BCUT2D eigenvalue weighted by Crippen LogP contribution is -2.54. The van der Waals surface area contributed by atoms with Crippen molar-refractivity contribution in [3.05, 3.63) is 101 Å². The van der Waals surface area contributed by atoms with Crippen LogP contribution in [-0.2, 0) is 22.4 Å². The van der Waals surface area contributed by atoms with Gasteiger partial charge in [-0.3, -0.25) is 19.4 Å². The second kappa shape index (κ2) is 15.4. The molecule has 11 nitrogen and oxygen atoms in total. The van der Waals surface area contributed by atoms with E-state index >= 15 is 0 Å². The van der Waals surface area contributed by atoms with Crippen molar-refractivity contribution in [1.82, 2.24) is 25.9 Å². The molecule has 0 radical (unpaired) electrons. The van der Waals surface area contributed by atoms with Gasteiger partial charge in [-0.1, -0.05) is 54.6 Å². The summed E-state index contributed by atoms with van der Waals surface area (Å²) in [6, 6.07) is 17.1. The van der Waals surface area contributed by atoms with Crippen molar-refractivity contribution in [3.63, 3.8) is 0 Å². The Labute approximate surface area is 251 Å². The van der Waals surface area contributed by atoms with Crippen molar-refractivity contribution < 1.29 is 24.4 Å². The molecule has 5 N–H and O–H groups in total. The second-order valence-corrected chi connectivity index (χ2v) is 11.0. The molecule has 3 amide bonds. The van der Waals surface area contributed by atoms with Gasteiger partial charge in [-0.25, -0.2) is 4.98 Å². The van der Waals surface area contributed by atoms with Crippen molar-refractivity contribution in [1.29, 1.82) is 5.26 Å². The van der Waals surface area contributed by atoms with Crippen LogP contribution in [0.4, 0.5) is 0 Å². The predicted molar refractivity (Wildman–Crippen MR) is 162 cm³/mol. The first-order chi connectivity index (χ1) is 20.4. The average Bonchev–Trinajstić information content (AvgIpc) is 2.97. The number of nitrogens with zero attached hydrogens (tertiary/aromatic N) is 3. The molecule has 0 spiro atoms. The number of aromatic nitrogens is 2. The molecule has 0 aliphatic rings. The minimum Gasteiger partial charge on any atom is -0.426 e. The van der Waals surface area contributed by atoms with E-state index in [0.29, 0.717) is 12.0 Å². The molecule has 1 aromatic heterocycles. The zero-order valence-corrected chi connectivity index (χ0v) is 24.3. The fourth-order valence-electron chi connectivity index (χ4n) is 4.17. The first kappa shape index (κ1) is 32.7. The third kappa shape index (κ3) is 10.8. The van der Waals surface area contributed by atoms with E-state index in [2.05, 4.69) is 25.9 Å². The normalized spacial score (nSPS) is 12.8. The zero-order valence-electron chi connectivity index (χ0n) is 24.3. The molecule has 0 aliphatic heterocycles. The molecule has 0 bridgehead atoms. The van der Waals surface area contributed by atoms with Crippen LogP contribution in [0.15, 0.2) is 78.8 Å². The van der Waals surface area contributed by atoms with Crippen molar-refractivity contribution in [2.24, 2.45) is 0 Å². The highest BCUT2D eigenvalue weighted by molar-refractivity contribution is 6.43. The van der Waals surface area contributed by atoms with Crippen LogP contribution in [0.5, 0.6) is 0 Å². The van der Waals surface area contributed by atoms with Gasteiger partial charge in [0.05, 0.1) is 12.1 Å². The summed E-state index contributed by atoms with van der Waals surface area (Å²) in [7, 11) is -1.84.